The smallest absolute Gasteiger partial charge is 0.407 e. The van der Waals surface area contributed by atoms with Crippen LogP contribution in [0.2, 0.25) is 0 Å². The van der Waals surface area contributed by atoms with Crippen LogP contribution in [-0.2, 0) is 76.1 Å². The van der Waals surface area contributed by atoms with Crippen molar-refractivity contribution in [2.75, 3.05) is 113 Å². The molecular weight excluding hydrogens is 1040 g/mol. The Morgan fingerprint density at radius 2 is 1.23 bits per heavy atom. The summed E-state index contributed by atoms with van der Waals surface area (Å²) in [5.74, 6) is -3.26. The number of aliphatic hydroxyl groups excluding tert-OH is 4. The molecule has 0 aromatic carbocycles. The molecule has 2 heterocycles. The lowest BCUT2D eigenvalue weighted by Crippen LogP contribution is -2.61. The lowest BCUT2D eigenvalue weighted by atomic mass is 9.87. The zero-order valence-electron chi connectivity index (χ0n) is 44.5. The normalized spacial score (nSPS) is 20.2. The van der Waals surface area contributed by atoms with E-state index in [0.717, 1.165) is 14.2 Å². The first-order valence-electron chi connectivity index (χ1n) is 25.0. The number of hydrogen-bond donors (Lipinski definition) is 10. The van der Waals surface area contributed by atoms with Crippen molar-refractivity contribution >= 4 is 47.7 Å². The number of methoxy groups -OCH3 is 2. The third-order valence-corrected chi connectivity index (χ3v) is 11.4. The number of guanidine groups is 2. The van der Waals surface area contributed by atoms with Gasteiger partial charge in [0.2, 0.25) is 23.3 Å². The van der Waals surface area contributed by atoms with E-state index in [1.807, 2.05) is 0 Å². The minimum atomic E-state index is -1.80. The lowest BCUT2D eigenvalue weighted by Gasteiger charge is -2.40. The summed E-state index contributed by atoms with van der Waals surface area (Å²) in [5.41, 5.74) is 22.4. The van der Waals surface area contributed by atoms with Gasteiger partial charge in [-0.05, 0) is 31.4 Å². The maximum atomic E-state index is 13.5. The van der Waals surface area contributed by atoms with Crippen molar-refractivity contribution in [3.05, 3.63) is 23.7 Å². The molecule has 30 heteroatoms. The number of aliphatic imine (C=N–C) groups is 2. The highest BCUT2D eigenvalue weighted by atomic mass is 16.6. The second-order valence-electron chi connectivity index (χ2n) is 17.3. The van der Waals surface area contributed by atoms with Crippen molar-refractivity contribution in [2.45, 2.75) is 101 Å². The van der Waals surface area contributed by atoms with Crippen LogP contribution >= 0.6 is 0 Å². The molecule has 0 aliphatic carbocycles. The number of carbonyl (C=O) groups excluding carboxylic acids is 6. The predicted octanol–water partition coefficient (Wildman–Crippen LogP) is -4.47. The summed E-state index contributed by atoms with van der Waals surface area (Å²) >= 11 is 0. The van der Waals surface area contributed by atoms with Gasteiger partial charge in [0, 0.05) is 45.5 Å². The molecule has 0 aromatic rings. The van der Waals surface area contributed by atoms with Crippen LogP contribution in [0.1, 0.15) is 46.0 Å². The van der Waals surface area contributed by atoms with E-state index >= 15 is 0 Å². The second kappa shape index (κ2) is 38.1. The number of amides is 3. The minimum absolute atomic E-state index is 0.000797. The van der Waals surface area contributed by atoms with Crippen LogP contribution < -0.4 is 33.6 Å². The van der Waals surface area contributed by atoms with Gasteiger partial charge in [0.1, 0.15) is 24.9 Å². The number of nitrogens with one attached hydrogen (secondary N) is 2. The average Bonchev–Trinajstić information content (AvgIpc) is 3.43. The Morgan fingerprint density at radius 1 is 0.705 bits per heavy atom. The Kier molecular flexibility index (Phi) is 33.0. The highest BCUT2D eigenvalue weighted by Crippen LogP contribution is 2.31. The van der Waals surface area contributed by atoms with Crippen LogP contribution in [0, 0.1) is 18.3 Å². The SMILES string of the molecule is C#CCOCCOCCOCCOCCC(=O)N(CCCCNC(=O)O[C@@H]([C@@H]1OC(C(=O)OC)=C[C@H](N=C(N)N)[C@H]1NC(C)=O)[C@H](O)CO)CCOCCCC(=O)O[C@@H]([C@@H]1OC(C(=O)OC)=C[C@H](N=C(N)N)[C@H]1C)[C@H](O)CO. The highest BCUT2D eigenvalue weighted by molar-refractivity contribution is 5.87. The Labute approximate surface area is 452 Å². The molecule has 14 N–H and O–H groups in total. The fourth-order valence-corrected chi connectivity index (χ4v) is 7.59. The molecule has 3 amide bonds. The van der Waals surface area contributed by atoms with Gasteiger partial charge in [-0.25, -0.2) is 24.4 Å². The maximum absolute atomic E-state index is 13.5. The van der Waals surface area contributed by atoms with Crippen molar-refractivity contribution < 1.29 is 101 Å². The number of esters is 3. The summed E-state index contributed by atoms with van der Waals surface area (Å²) < 4.78 is 59.6. The third kappa shape index (κ3) is 25.3. The van der Waals surface area contributed by atoms with E-state index in [1.54, 1.807) is 6.92 Å². The highest BCUT2D eigenvalue weighted by Gasteiger charge is 2.47. The van der Waals surface area contributed by atoms with Gasteiger partial charge < -0.3 is 111 Å². The summed E-state index contributed by atoms with van der Waals surface area (Å²) in [7, 11) is 2.20. The first kappa shape index (κ1) is 67.5. The molecule has 0 saturated carbocycles. The van der Waals surface area contributed by atoms with Gasteiger partial charge in [-0.15, -0.1) is 6.42 Å². The number of hydrogen-bond acceptors (Lipinski definition) is 23. The Morgan fingerprint density at radius 3 is 1.78 bits per heavy atom. The molecule has 0 aromatic heterocycles. The molecule has 2 rings (SSSR count). The van der Waals surface area contributed by atoms with Gasteiger partial charge in [-0.1, -0.05) is 12.8 Å². The van der Waals surface area contributed by atoms with E-state index in [0.29, 0.717) is 39.3 Å². The van der Waals surface area contributed by atoms with Crippen molar-refractivity contribution in [3.8, 4) is 12.3 Å². The Hall–Kier alpha value is -6.56. The lowest BCUT2D eigenvalue weighted by molar-refractivity contribution is -0.176. The number of alkyl carbamates (subject to hydrolysis) is 1. The number of rotatable bonds is 38. The van der Waals surface area contributed by atoms with E-state index in [-0.39, 0.29) is 96.2 Å². The molecule has 0 saturated heterocycles. The van der Waals surface area contributed by atoms with E-state index in [9.17, 15) is 49.2 Å². The van der Waals surface area contributed by atoms with Crippen LogP contribution in [-0.4, -0.2) is 241 Å². The van der Waals surface area contributed by atoms with Crippen molar-refractivity contribution in [1.29, 1.82) is 0 Å². The minimum Gasteiger partial charge on any atom is -0.479 e. The van der Waals surface area contributed by atoms with Crippen LogP contribution in [0.4, 0.5) is 4.79 Å². The van der Waals surface area contributed by atoms with E-state index in [1.165, 1.54) is 24.0 Å². The fraction of sp³-hybridized carbons (Fsp3) is 0.708. The van der Waals surface area contributed by atoms with Gasteiger partial charge in [-0.2, -0.15) is 0 Å². The van der Waals surface area contributed by atoms with Crippen LogP contribution in [0.5, 0.6) is 0 Å². The van der Waals surface area contributed by atoms with Gasteiger partial charge in [0.05, 0.1) is 105 Å². The zero-order valence-corrected chi connectivity index (χ0v) is 44.5. The fourth-order valence-electron chi connectivity index (χ4n) is 7.59. The van der Waals surface area contributed by atoms with E-state index in [4.69, 9.17) is 81.5 Å². The number of ether oxygens (including phenoxy) is 11. The molecule has 0 fully saturated rings. The molecular formula is C48H79N9O21. The monoisotopic (exact) mass is 1120 g/mol. The average molecular weight is 1120 g/mol. The maximum Gasteiger partial charge on any atom is 0.407 e. The molecule has 0 spiro atoms. The number of terminal acetylenes is 1. The molecule has 78 heavy (non-hydrogen) atoms. The zero-order chi connectivity index (χ0) is 58.0. The molecule has 10 atom stereocenters. The number of carbonyl (C=O) groups is 6. The van der Waals surface area contributed by atoms with Crippen LogP contribution in [0.3, 0.4) is 0 Å². The van der Waals surface area contributed by atoms with Crippen molar-refractivity contribution in [1.82, 2.24) is 15.5 Å². The van der Waals surface area contributed by atoms with E-state index < -0.39 is 116 Å². The second-order valence-corrected chi connectivity index (χ2v) is 17.3. The molecule has 30 nitrogen and oxygen atoms in total. The predicted molar refractivity (Wildman–Crippen MR) is 273 cm³/mol. The summed E-state index contributed by atoms with van der Waals surface area (Å²) in [5, 5.41) is 46.4. The number of unbranched alkanes of at least 4 members (excludes halogenated alkanes) is 1. The van der Waals surface area contributed by atoms with E-state index in [2.05, 4.69) is 26.5 Å². The summed E-state index contributed by atoms with van der Waals surface area (Å²) in [4.78, 5) is 86.6. The topological polar surface area (TPSA) is 441 Å². The summed E-state index contributed by atoms with van der Waals surface area (Å²) in [6.45, 7) is 3.55. The quantitative estimate of drug-likeness (QED) is 0.00696. The standard InChI is InChI=1S/C48H79N9O21/c1-6-15-70-19-21-73-23-24-74-22-20-72-17-11-37(63)57(14-18-71-16-9-10-38(64)77-41(33(61)27-58)40-29(2)31(55-46(49)50)25-35(75-40)44(65)68-4)13-8-7-12-53-48(67)78-42(34(62)28-59)43-39(54-30(3)60)32(56-47(51)52)26-36(76-43)45(66)69-5/h1,25-26,29,31-34,39-43,58-59,61-62H,7-24,27-28H2,2-5H3,(H,53,67)(H,54,60)(H4,49,50,55)(H4,51,52,56)/t29-,31+,32+,33-,34-,39-,40-,41-,42-,43-/m1/s1. The Bertz CT molecular complexity index is 2030. The van der Waals surface area contributed by atoms with Gasteiger partial charge in [-0.3, -0.25) is 14.4 Å². The molecule has 2 aliphatic rings. The number of nitrogens with zero attached hydrogens (tertiary/aromatic N) is 3. The van der Waals surface area contributed by atoms with Crippen molar-refractivity contribution in [2.24, 2.45) is 38.8 Å². The molecule has 442 valence electrons. The van der Waals surface area contributed by atoms with Crippen molar-refractivity contribution in [3.63, 3.8) is 0 Å². The summed E-state index contributed by atoms with van der Waals surface area (Å²) in [6, 6.07) is -3.24. The van der Waals surface area contributed by atoms with Crippen LogP contribution in [0.25, 0.3) is 0 Å². The van der Waals surface area contributed by atoms with Gasteiger partial charge in [0.25, 0.3) is 0 Å². The molecule has 0 unspecified atom stereocenters. The number of aliphatic hydroxyl groups is 4. The largest absolute Gasteiger partial charge is 0.479 e. The summed E-state index contributed by atoms with van der Waals surface area (Å²) in [6.07, 6.45) is -2.16. The van der Waals surface area contributed by atoms with Gasteiger partial charge >= 0.3 is 24.0 Å². The molecule has 2 aliphatic heterocycles. The first-order chi connectivity index (χ1) is 37.3. The number of nitrogens with two attached hydrogens (primary N) is 4. The Balaban J connectivity index is 2.05. The first-order valence-corrected chi connectivity index (χ1v) is 25.0. The molecule has 0 radical (unpaired) electrons. The van der Waals surface area contributed by atoms with Crippen LogP contribution in [0.15, 0.2) is 33.7 Å². The third-order valence-electron chi connectivity index (χ3n) is 11.4. The molecule has 0 bridgehead atoms. The van der Waals surface area contributed by atoms with Gasteiger partial charge in [0.15, 0.2) is 30.2 Å².